The molecule has 0 aromatic carbocycles. The van der Waals surface area contributed by atoms with Crippen LogP contribution in [0.15, 0.2) is 36.5 Å². The van der Waals surface area contributed by atoms with Crippen LogP contribution in [0.5, 0.6) is 0 Å². The number of nitrogens with one attached hydrogen (secondary N) is 1. The smallest absolute Gasteiger partial charge is 0.220 e. The maximum atomic E-state index is 12.5. The minimum Gasteiger partial charge on any atom is -0.394 e. The highest BCUT2D eigenvalue weighted by Gasteiger charge is 2.18. The lowest BCUT2D eigenvalue weighted by Gasteiger charge is -2.19. The van der Waals surface area contributed by atoms with Crippen LogP contribution in [0, 0.1) is 0 Å². The van der Waals surface area contributed by atoms with E-state index < -0.39 is 12.1 Å². The summed E-state index contributed by atoms with van der Waals surface area (Å²) in [5, 5.41) is 23.3. The number of aliphatic hydroxyl groups is 2. The molecule has 2 atom stereocenters. The molecule has 0 aliphatic heterocycles. The molecular formula is C72H139NO3. The molecular weight excluding hydrogens is 927 g/mol. The average molecular weight is 1070 g/mol. The molecule has 3 N–H and O–H groups in total. The molecule has 4 nitrogen and oxygen atoms in total. The van der Waals surface area contributed by atoms with E-state index in [4.69, 9.17) is 0 Å². The van der Waals surface area contributed by atoms with Crippen molar-refractivity contribution in [3.63, 3.8) is 0 Å². The third kappa shape index (κ3) is 63.4. The highest BCUT2D eigenvalue weighted by Crippen LogP contribution is 2.19. The topological polar surface area (TPSA) is 69.6 Å². The molecule has 0 aliphatic carbocycles. The van der Waals surface area contributed by atoms with E-state index in [0.29, 0.717) is 6.42 Å². The van der Waals surface area contributed by atoms with E-state index in [1.165, 1.54) is 340 Å². The molecule has 0 spiro atoms. The third-order valence-corrected chi connectivity index (χ3v) is 16.6. The Kier molecular flexibility index (Phi) is 66.6. The van der Waals surface area contributed by atoms with Crippen LogP contribution < -0.4 is 5.32 Å². The Balaban J connectivity index is 3.46. The van der Waals surface area contributed by atoms with Crippen molar-refractivity contribution >= 4 is 5.91 Å². The van der Waals surface area contributed by atoms with E-state index in [0.717, 1.165) is 38.5 Å². The number of amides is 1. The van der Waals surface area contributed by atoms with Gasteiger partial charge in [-0.2, -0.15) is 0 Å². The van der Waals surface area contributed by atoms with Crippen molar-refractivity contribution < 1.29 is 15.0 Å². The molecule has 0 rings (SSSR count). The number of unbranched alkanes of at least 4 members (excludes halogenated alkanes) is 55. The van der Waals surface area contributed by atoms with Gasteiger partial charge in [-0.1, -0.05) is 384 Å². The fourth-order valence-electron chi connectivity index (χ4n) is 11.3. The Hall–Kier alpha value is -1.39. The van der Waals surface area contributed by atoms with Crippen LogP contribution in [0.2, 0.25) is 0 Å². The summed E-state index contributed by atoms with van der Waals surface area (Å²) in [6.07, 6.45) is 93.9. The summed E-state index contributed by atoms with van der Waals surface area (Å²) in [6, 6.07) is -0.646. The summed E-state index contributed by atoms with van der Waals surface area (Å²) in [5.41, 5.74) is 0. The SMILES string of the molecule is CCCCCCCCCCCCCCCCCCCCCCCC/C=C/CC/C=C/CC/C=C/C(O)C(CO)NC(=O)CCCCCCCCCCCCCCCCCCCCCCCCCCCCCCCCCC. The highest BCUT2D eigenvalue weighted by molar-refractivity contribution is 5.76. The van der Waals surface area contributed by atoms with Crippen LogP contribution in [-0.2, 0) is 4.79 Å². The van der Waals surface area contributed by atoms with E-state index >= 15 is 0 Å². The maximum absolute atomic E-state index is 12.5. The lowest BCUT2D eigenvalue weighted by atomic mass is 10.0. The summed E-state index contributed by atoms with van der Waals surface area (Å²) in [5.74, 6) is -0.0694. The lowest BCUT2D eigenvalue weighted by molar-refractivity contribution is -0.123. The third-order valence-electron chi connectivity index (χ3n) is 16.6. The van der Waals surface area contributed by atoms with Crippen LogP contribution >= 0.6 is 0 Å². The van der Waals surface area contributed by atoms with Gasteiger partial charge in [-0.25, -0.2) is 0 Å². The van der Waals surface area contributed by atoms with E-state index in [2.05, 4.69) is 43.5 Å². The zero-order chi connectivity index (χ0) is 54.8. The summed E-state index contributed by atoms with van der Waals surface area (Å²) in [6.45, 7) is 4.35. The first-order chi connectivity index (χ1) is 37.7. The molecule has 2 unspecified atom stereocenters. The van der Waals surface area contributed by atoms with Gasteiger partial charge in [0.25, 0.3) is 0 Å². The van der Waals surface area contributed by atoms with Crippen molar-refractivity contribution in [1.29, 1.82) is 0 Å². The van der Waals surface area contributed by atoms with Gasteiger partial charge in [0.05, 0.1) is 18.8 Å². The predicted molar refractivity (Wildman–Crippen MR) is 341 cm³/mol. The first kappa shape index (κ1) is 74.6. The Morgan fingerprint density at radius 3 is 0.763 bits per heavy atom. The number of carbonyl (C=O) groups is 1. The second kappa shape index (κ2) is 67.9. The zero-order valence-corrected chi connectivity index (χ0v) is 52.1. The van der Waals surface area contributed by atoms with Crippen molar-refractivity contribution in [3.05, 3.63) is 36.5 Å². The van der Waals surface area contributed by atoms with E-state index in [-0.39, 0.29) is 12.5 Å². The Morgan fingerprint density at radius 1 is 0.303 bits per heavy atom. The van der Waals surface area contributed by atoms with Gasteiger partial charge in [0, 0.05) is 6.42 Å². The summed E-state index contributed by atoms with van der Waals surface area (Å²) >= 11 is 0. The number of hydrogen-bond donors (Lipinski definition) is 3. The van der Waals surface area contributed by atoms with Gasteiger partial charge >= 0.3 is 0 Å². The van der Waals surface area contributed by atoms with Crippen LogP contribution in [0.25, 0.3) is 0 Å². The van der Waals surface area contributed by atoms with E-state index in [1.807, 2.05) is 6.08 Å². The normalized spacial score (nSPS) is 12.8. The zero-order valence-electron chi connectivity index (χ0n) is 52.1. The minimum atomic E-state index is -0.871. The summed E-state index contributed by atoms with van der Waals surface area (Å²) in [4.78, 5) is 12.5. The number of carbonyl (C=O) groups excluding carboxylic acids is 1. The second-order valence-corrected chi connectivity index (χ2v) is 24.3. The lowest BCUT2D eigenvalue weighted by Crippen LogP contribution is -2.45. The molecule has 450 valence electrons. The van der Waals surface area contributed by atoms with Gasteiger partial charge in [0.2, 0.25) is 5.91 Å². The number of aliphatic hydroxyl groups excluding tert-OH is 2. The largest absolute Gasteiger partial charge is 0.394 e. The van der Waals surface area contributed by atoms with Crippen molar-refractivity contribution in [3.8, 4) is 0 Å². The van der Waals surface area contributed by atoms with Crippen molar-refractivity contribution in [2.45, 2.75) is 411 Å². The molecule has 0 fully saturated rings. The van der Waals surface area contributed by atoms with Crippen LogP contribution in [0.4, 0.5) is 0 Å². The first-order valence-electron chi connectivity index (χ1n) is 35.2. The Labute approximate surface area is 478 Å². The van der Waals surface area contributed by atoms with Gasteiger partial charge in [-0.15, -0.1) is 0 Å². The Bertz CT molecular complexity index is 1160. The van der Waals surface area contributed by atoms with Gasteiger partial charge in [-0.05, 0) is 44.9 Å². The molecule has 0 aromatic heterocycles. The molecule has 4 heteroatoms. The predicted octanol–water partition coefficient (Wildman–Crippen LogP) is 23.9. The molecule has 0 aromatic rings. The summed E-state index contributed by atoms with van der Waals surface area (Å²) in [7, 11) is 0. The van der Waals surface area contributed by atoms with Crippen molar-refractivity contribution in [2.75, 3.05) is 6.61 Å². The molecule has 1 amide bonds. The summed E-state index contributed by atoms with van der Waals surface area (Å²) < 4.78 is 0. The monoisotopic (exact) mass is 1070 g/mol. The van der Waals surface area contributed by atoms with Gasteiger partial charge in [0.15, 0.2) is 0 Å². The fraction of sp³-hybridized carbons (Fsp3) is 0.903. The minimum absolute atomic E-state index is 0.0694. The molecule has 76 heavy (non-hydrogen) atoms. The molecule has 0 saturated heterocycles. The number of rotatable bonds is 66. The van der Waals surface area contributed by atoms with E-state index in [9.17, 15) is 15.0 Å². The quantitative estimate of drug-likeness (QED) is 0.0420. The fourth-order valence-corrected chi connectivity index (χ4v) is 11.3. The standard InChI is InChI=1S/C72H139NO3/c1-3-5-7-9-11-13-15-17-19-21-23-25-27-29-31-33-35-37-39-41-43-45-47-49-51-53-55-57-59-61-63-65-67-71(75)70(69-74)73-72(76)68-66-64-62-60-58-56-54-52-50-48-46-44-42-40-38-36-34-32-30-28-26-24-22-20-18-16-14-12-10-8-6-4-2/h49,51,57,59,65,67,70-71,74-75H,3-48,50,52-56,58,60-64,66,68-69H2,1-2H3,(H,73,76)/b51-49+,59-57+,67-65+. The first-order valence-corrected chi connectivity index (χ1v) is 35.2. The molecule has 0 heterocycles. The molecule has 0 bridgehead atoms. The van der Waals surface area contributed by atoms with Crippen LogP contribution in [0.3, 0.4) is 0 Å². The van der Waals surface area contributed by atoms with Gasteiger partial charge < -0.3 is 15.5 Å². The second-order valence-electron chi connectivity index (χ2n) is 24.3. The maximum Gasteiger partial charge on any atom is 0.220 e. The van der Waals surface area contributed by atoms with E-state index in [1.54, 1.807) is 6.08 Å². The highest BCUT2D eigenvalue weighted by atomic mass is 16.3. The number of hydrogen-bond acceptors (Lipinski definition) is 3. The van der Waals surface area contributed by atoms with Gasteiger partial charge in [0.1, 0.15) is 0 Å². The van der Waals surface area contributed by atoms with Crippen LogP contribution in [0.1, 0.15) is 399 Å². The Morgan fingerprint density at radius 2 is 0.513 bits per heavy atom. The molecule has 0 saturated carbocycles. The number of allylic oxidation sites excluding steroid dienone is 5. The van der Waals surface area contributed by atoms with Crippen molar-refractivity contribution in [1.82, 2.24) is 5.32 Å². The average Bonchev–Trinajstić information content (AvgIpc) is 3.42. The van der Waals surface area contributed by atoms with Crippen LogP contribution in [-0.4, -0.2) is 34.9 Å². The molecule has 0 radical (unpaired) electrons. The molecule has 0 aliphatic rings. The van der Waals surface area contributed by atoms with Gasteiger partial charge in [-0.3, -0.25) is 4.79 Å². The van der Waals surface area contributed by atoms with Crippen molar-refractivity contribution in [2.24, 2.45) is 0 Å².